The second kappa shape index (κ2) is 8.55. The van der Waals surface area contributed by atoms with Gasteiger partial charge in [0.25, 0.3) is 5.91 Å². The maximum atomic E-state index is 12.4. The molecule has 1 aliphatic carbocycles. The Hall–Kier alpha value is -3.12. The van der Waals surface area contributed by atoms with E-state index in [1.165, 1.54) is 18.5 Å². The largest absolute Gasteiger partial charge is 0.369 e. The van der Waals surface area contributed by atoms with E-state index < -0.39 is 0 Å². The van der Waals surface area contributed by atoms with Gasteiger partial charge in [0.05, 0.1) is 0 Å². The first-order valence-electron chi connectivity index (χ1n) is 11.0. The van der Waals surface area contributed by atoms with Gasteiger partial charge in [-0.05, 0) is 62.2 Å². The quantitative estimate of drug-likeness (QED) is 0.660. The number of piperazine rings is 1. The van der Waals surface area contributed by atoms with Crippen molar-refractivity contribution in [2.45, 2.75) is 12.8 Å². The van der Waals surface area contributed by atoms with E-state index in [0.29, 0.717) is 11.5 Å². The molecule has 1 saturated carbocycles. The van der Waals surface area contributed by atoms with Gasteiger partial charge < -0.3 is 19.6 Å². The fraction of sp³-hybridized carbons (Fsp3) is 0.360. The number of benzene rings is 2. The second-order valence-electron chi connectivity index (χ2n) is 8.65. The molecule has 0 atom stereocenters. The highest BCUT2D eigenvalue weighted by molar-refractivity contribution is 5.95. The summed E-state index contributed by atoms with van der Waals surface area (Å²) in [4.78, 5) is 17.2. The Bertz CT molecular complexity index is 1050. The number of carbonyl (C=O) groups is 1. The number of amides is 1. The minimum Gasteiger partial charge on any atom is -0.369 e. The first-order chi connectivity index (χ1) is 15.2. The summed E-state index contributed by atoms with van der Waals surface area (Å²) in [5.74, 6) is 1.35. The lowest BCUT2D eigenvalue weighted by Gasteiger charge is -2.34. The molecule has 0 bridgehead atoms. The number of hydrogen-bond donors (Lipinski definition) is 1. The molecule has 5 rings (SSSR count). The third kappa shape index (κ3) is 4.64. The van der Waals surface area contributed by atoms with Crippen LogP contribution in [0.25, 0.3) is 22.6 Å². The molecular formula is C25H28N4O2. The molecule has 6 nitrogen and oxygen atoms in total. The van der Waals surface area contributed by atoms with Crippen LogP contribution in [0.5, 0.6) is 0 Å². The van der Waals surface area contributed by atoms with Crippen molar-refractivity contribution in [1.82, 2.24) is 15.4 Å². The summed E-state index contributed by atoms with van der Waals surface area (Å²) in [6.07, 6.45) is 2.44. The molecule has 2 heterocycles. The number of nitrogens with one attached hydrogen (secondary N) is 1. The average molecular weight is 417 g/mol. The molecule has 160 valence electrons. The molecule has 0 unspecified atom stereocenters. The summed E-state index contributed by atoms with van der Waals surface area (Å²) in [5, 5.41) is 7.26. The number of aromatic nitrogens is 1. The van der Waals surface area contributed by atoms with E-state index in [1.807, 2.05) is 30.3 Å². The van der Waals surface area contributed by atoms with E-state index in [4.69, 9.17) is 4.52 Å². The Balaban J connectivity index is 1.28. The lowest BCUT2D eigenvalue weighted by Crippen LogP contribution is -2.44. The molecule has 0 radical (unpaired) electrons. The lowest BCUT2D eigenvalue weighted by atomic mass is 10.1. The fourth-order valence-corrected chi connectivity index (χ4v) is 3.93. The highest BCUT2D eigenvalue weighted by Crippen LogP contribution is 2.29. The van der Waals surface area contributed by atoms with Crippen LogP contribution in [0.4, 0.5) is 5.69 Å². The summed E-state index contributed by atoms with van der Waals surface area (Å²) in [6.45, 7) is 5.04. The van der Waals surface area contributed by atoms with Gasteiger partial charge in [0.1, 0.15) is 5.69 Å². The van der Waals surface area contributed by atoms with Gasteiger partial charge >= 0.3 is 0 Å². The molecule has 2 fully saturated rings. The summed E-state index contributed by atoms with van der Waals surface area (Å²) < 4.78 is 5.62. The Morgan fingerprint density at radius 2 is 1.81 bits per heavy atom. The third-order valence-electron chi connectivity index (χ3n) is 6.20. The van der Waals surface area contributed by atoms with Crippen LogP contribution in [0.2, 0.25) is 0 Å². The summed E-state index contributed by atoms with van der Waals surface area (Å²) in [5.41, 5.74) is 4.49. The van der Waals surface area contributed by atoms with Gasteiger partial charge in [0.15, 0.2) is 5.76 Å². The normalized spacial score (nSPS) is 17.0. The van der Waals surface area contributed by atoms with E-state index >= 15 is 0 Å². The lowest BCUT2D eigenvalue weighted by molar-refractivity contribution is 0.0952. The third-order valence-corrected chi connectivity index (χ3v) is 6.20. The monoisotopic (exact) mass is 416 g/mol. The molecular weight excluding hydrogens is 388 g/mol. The minimum absolute atomic E-state index is 0.0306. The Morgan fingerprint density at radius 3 is 2.55 bits per heavy atom. The van der Waals surface area contributed by atoms with Crippen LogP contribution in [0.3, 0.4) is 0 Å². The van der Waals surface area contributed by atoms with Crippen molar-refractivity contribution in [3.8, 4) is 22.6 Å². The molecule has 1 N–H and O–H groups in total. The zero-order chi connectivity index (χ0) is 21.2. The number of rotatable bonds is 6. The van der Waals surface area contributed by atoms with Crippen LogP contribution >= 0.6 is 0 Å². The molecule has 3 aromatic rings. The Labute approximate surface area is 182 Å². The van der Waals surface area contributed by atoms with E-state index in [0.717, 1.165) is 55.3 Å². The zero-order valence-corrected chi connectivity index (χ0v) is 17.9. The number of likely N-dealkylation sites (N-methyl/N-ethyl adjacent to an activating group) is 1. The summed E-state index contributed by atoms with van der Waals surface area (Å²) >= 11 is 0. The van der Waals surface area contributed by atoms with Crippen LogP contribution < -0.4 is 10.2 Å². The van der Waals surface area contributed by atoms with E-state index in [-0.39, 0.29) is 5.91 Å². The predicted molar refractivity (Wildman–Crippen MR) is 122 cm³/mol. The zero-order valence-electron chi connectivity index (χ0n) is 17.9. The first kappa shape index (κ1) is 19.8. The van der Waals surface area contributed by atoms with Crippen LogP contribution in [0, 0.1) is 5.92 Å². The Kier molecular flexibility index (Phi) is 5.47. The molecule has 31 heavy (non-hydrogen) atoms. The molecule has 1 aliphatic heterocycles. The van der Waals surface area contributed by atoms with Crippen molar-refractivity contribution in [2.75, 3.05) is 44.7 Å². The molecule has 6 heteroatoms. The second-order valence-corrected chi connectivity index (χ2v) is 8.65. The molecule has 0 spiro atoms. The van der Waals surface area contributed by atoms with Crippen LogP contribution in [-0.4, -0.2) is 55.7 Å². The molecule has 1 aromatic heterocycles. The van der Waals surface area contributed by atoms with Gasteiger partial charge in [-0.25, -0.2) is 0 Å². The van der Waals surface area contributed by atoms with E-state index in [2.05, 4.69) is 51.6 Å². The van der Waals surface area contributed by atoms with Crippen LogP contribution in [-0.2, 0) is 0 Å². The van der Waals surface area contributed by atoms with Gasteiger partial charge in [0.2, 0.25) is 0 Å². The topological polar surface area (TPSA) is 61.6 Å². The standard InChI is InChI=1S/C25H28N4O2/c1-28-11-13-29(14-12-28)22-9-7-19(8-10-22)24-16-23(27-31-24)20-3-2-4-21(15-20)25(30)26-17-18-5-6-18/h2-4,7-10,15-16,18H,5-6,11-14,17H2,1H3,(H,26,30). The average Bonchev–Trinajstić information content (AvgIpc) is 3.51. The number of anilines is 1. The van der Waals surface area contributed by atoms with Gasteiger partial charge in [-0.15, -0.1) is 0 Å². The Morgan fingerprint density at radius 1 is 1.03 bits per heavy atom. The number of hydrogen-bond acceptors (Lipinski definition) is 5. The van der Waals surface area contributed by atoms with E-state index in [9.17, 15) is 4.79 Å². The molecule has 1 amide bonds. The highest BCUT2D eigenvalue weighted by Gasteiger charge is 2.22. The maximum Gasteiger partial charge on any atom is 0.251 e. The van der Waals surface area contributed by atoms with Crippen LogP contribution in [0.1, 0.15) is 23.2 Å². The van der Waals surface area contributed by atoms with E-state index in [1.54, 1.807) is 0 Å². The molecule has 2 aromatic carbocycles. The van der Waals surface area contributed by atoms with Crippen LogP contribution in [0.15, 0.2) is 59.1 Å². The fourth-order valence-electron chi connectivity index (χ4n) is 3.93. The predicted octanol–water partition coefficient (Wildman–Crippen LogP) is 3.90. The number of nitrogens with zero attached hydrogens (tertiary/aromatic N) is 3. The summed E-state index contributed by atoms with van der Waals surface area (Å²) in [6, 6.07) is 18.0. The van der Waals surface area contributed by atoms with Gasteiger partial charge in [-0.2, -0.15) is 0 Å². The highest BCUT2D eigenvalue weighted by atomic mass is 16.5. The summed E-state index contributed by atoms with van der Waals surface area (Å²) in [7, 11) is 2.16. The van der Waals surface area contributed by atoms with Gasteiger partial charge in [-0.1, -0.05) is 17.3 Å². The smallest absolute Gasteiger partial charge is 0.251 e. The van der Waals surface area contributed by atoms with Crippen molar-refractivity contribution in [3.05, 3.63) is 60.2 Å². The first-order valence-corrected chi connectivity index (χ1v) is 11.0. The molecule has 1 saturated heterocycles. The van der Waals surface area contributed by atoms with Crippen molar-refractivity contribution in [3.63, 3.8) is 0 Å². The molecule has 2 aliphatic rings. The van der Waals surface area contributed by atoms with Gasteiger partial charge in [-0.3, -0.25) is 4.79 Å². The number of carbonyl (C=O) groups excluding carboxylic acids is 1. The van der Waals surface area contributed by atoms with Crippen molar-refractivity contribution in [2.24, 2.45) is 5.92 Å². The minimum atomic E-state index is -0.0306. The SMILES string of the molecule is CN1CCN(c2ccc(-c3cc(-c4cccc(C(=O)NCC5CC5)c4)no3)cc2)CC1. The van der Waals surface area contributed by atoms with Crippen molar-refractivity contribution < 1.29 is 9.32 Å². The van der Waals surface area contributed by atoms with Crippen molar-refractivity contribution in [1.29, 1.82) is 0 Å². The maximum absolute atomic E-state index is 12.4. The van der Waals surface area contributed by atoms with Crippen molar-refractivity contribution >= 4 is 11.6 Å². The van der Waals surface area contributed by atoms with Gasteiger partial charge in [0, 0.05) is 61.2 Å².